The molecule has 1 saturated heterocycles. The first-order valence-electron chi connectivity index (χ1n) is 14.4. The van der Waals surface area contributed by atoms with E-state index in [0.29, 0.717) is 30.9 Å². The SMILES string of the molecule is CC1C(OCCCCCOCc2ccccc2)OC(COC(=O)c2ccccc2)C(OC(=O)c2ccccc2)C1C. The van der Waals surface area contributed by atoms with Crippen molar-refractivity contribution in [1.29, 1.82) is 0 Å². The van der Waals surface area contributed by atoms with Crippen LogP contribution in [0.2, 0.25) is 0 Å². The summed E-state index contributed by atoms with van der Waals surface area (Å²) in [6.07, 6.45) is 1.01. The van der Waals surface area contributed by atoms with Crippen molar-refractivity contribution in [3.63, 3.8) is 0 Å². The van der Waals surface area contributed by atoms with Gasteiger partial charge in [0.1, 0.15) is 18.8 Å². The van der Waals surface area contributed by atoms with Gasteiger partial charge in [-0.1, -0.05) is 80.6 Å². The van der Waals surface area contributed by atoms with E-state index in [-0.39, 0.29) is 18.4 Å². The predicted molar refractivity (Wildman–Crippen MR) is 155 cm³/mol. The molecule has 0 saturated carbocycles. The Bertz CT molecular complexity index is 1190. The molecule has 1 heterocycles. The van der Waals surface area contributed by atoms with Crippen molar-refractivity contribution in [3.8, 4) is 0 Å². The minimum Gasteiger partial charge on any atom is -0.459 e. The first kappa shape index (κ1) is 30.4. The van der Waals surface area contributed by atoms with Crippen LogP contribution in [0.3, 0.4) is 0 Å². The molecule has 41 heavy (non-hydrogen) atoms. The summed E-state index contributed by atoms with van der Waals surface area (Å²) in [5, 5.41) is 0. The topological polar surface area (TPSA) is 80.3 Å². The van der Waals surface area contributed by atoms with E-state index in [1.54, 1.807) is 48.5 Å². The van der Waals surface area contributed by atoms with E-state index in [1.807, 2.05) is 44.2 Å². The van der Waals surface area contributed by atoms with Crippen LogP contribution in [-0.2, 0) is 30.3 Å². The third-order valence-electron chi connectivity index (χ3n) is 7.42. The van der Waals surface area contributed by atoms with Gasteiger partial charge in [0.2, 0.25) is 0 Å². The van der Waals surface area contributed by atoms with E-state index >= 15 is 0 Å². The van der Waals surface area contributed by atoms with Crippen LogP contribution in [0, 0.1) is 11.8 Å². The largest absolute Gasteiger partial charge is 0.459 e. The zero-order chi connectivity index (χ0) is 28.9. The molecule has 1 fully saturated rings. The minimum atomic E-state index is -0.669. The van der Waals surface area contributed by atoms with Crippen LogP contribution in [0.1, 0.15) is 59.4 Å². The molecule has 3 aromatic carbocycles. The second-order valence-electron chi connectivity index (χ2n) is 10.4. The molecule has 5 unspecified atom stereocenters. The molecule has 0 amide bonds. The fourth-order valence-corrected chi connectivity index (χ4v) is 4.80. The minimum absolute atomic E-state index is 0.0427. The number of hydrogen-bond donors (Lipinski definition) is 0. The van der Waals surface area contributed by atoms with E-state index < -0.39 is 30.4 Å². The zero-order valence-corrected chi connectivity index (χ0v) is 23.9. The van der Waals surface area contributed by atoms with Crippen LogP contribution in [-0.4, -0.2) is 50.3 Å². The maximum Gasteiger partial charge on any atom is 0.338 e. The first-order valence-corrected chi connectivity index (χ1v) is 14.4. The first-order chi connectivity index (χ1) is 20.0. The Hall–Kier alpha value is -3.52. The van der Waals surface area contributed by atoms with Crippen molar-refractivity contribution < 1.29 is 33.3 Å². The second-order valence-corrected chi connectivity index (χ2v) is 10.4. The van der Waals surface area contributed by atoms with Gasteiger partial charge in [-0.2, -0.15) is 0 Å². The van der Waals surface area contributed by atoms with Gasteiger partial charge in [0, 0.05) is 25.0 Å². The van der Waals surface area contributed by atoms with E-state index in [1.165, 1.54) is 5.56 Å². The predicted octanol–water partition coefficient (Wildman–Crippen LogP) is 6.47. The summed E-state index contributed by atoms with van der Waals surface area (Å²) in [4.78, 5) is 25.6. The van der Waals surface area contributed by atoms with Crippen LogP contribution < -0.4 is 0 Å². The highest BCUT2D eigenvalue weighted by atomic mass is 16.7. The van der Waals surface area contributed by atoms with E-state index in [0.717, 1.165) is 19.3 Å². The molecule has 0 aliphatic carbocycles. The maximum absolute atomic E-state index is 12.9. The molecule has 0 spiro atoms. The lowest BCUT2D eigenvalue weighted by Gasteiger charge is -2.43. The van der Waals surface area contributed by atoms with Gasteiger partial charge in [-0.15, -0.1) is 0 Å². The van der Waals surface area contributed by atoms with E-state index in [2.05, 4.69) is 12.1 Å². The van der Waals surface area contributed by atoms with Gasteiger partial charge < -0.3 is 23.7 Å². The van der Waals surface area contributed by atoms with Crippen LogP contribution in [0.15, 0.2) is 91.0 Å². The summed E-state index contributed by atoms with van der Waals surface area (Å²) < 4.78 is 29.8. The number of carbonyl (C=O) groups is 2. The molecular formula is C34H40O7. The lowest BCUT2D eigenvalue weighted by molar-refractivity contribution is -0.268. The third kappa shape index (κ3) is 9.25. The van der Waals surface area contributed by atoms with E-state index in [9.17, 15) is 9.59 Å². The Labute approximate surface area is 242 Å². The summed E-state index contributed by atoms with van der Waals surface area (Å²) in [7, 11) is 0. The highest BCUT2D eigenvalue weighted by Gasteiger charge is 2.45. The van der Waals surface area contributed by atoms with Crippen molar-refractivity contribution in [1.82, 2.24) is 0 Å². The molecule has 0 bridgehead atoms. The van der Waals surface area contributed by atoms with Crippen molar-refractivity contribution in [2.45, 2.75) is 58.2 Å². The molecule has 1 aliphatic rings. The van der Waals surface area contributed by atoms with Crippen molar-refractivity contribution >= 4 is 11.9 Å². The molecule has 5 atom stereocenters. The lowest BCUT2D eigenvalue weighted by Crippen LogP contribution is -2.53. The standard InChI is InChI=1S/C34H40O7/c1-25-26(2)34(38-22-14-6-13-21-37-23-27-15-7-3-8-16-27)40-30(24-39-32(35)28-17-9-4-10-18-28)31(25)41-33(36)29-19-11-5-12-20-29/h3-5,7-12,15-20,25-26,30-31,34H,6,13-14,21-24H2,1-2H3. The number of rotatable bonds is 14. The molecular weight excluding hydrogens is 520 g/mol. The highest BCUT2D eigenvalue weighted by Crippen LogP contribution is 2.34. The number of carbonyl (C=O) groups excluding carboxylic acids is 2. The molecule has 1 aliphatic heterocycles. The van der Waals surface area contributed by atoms with Crippen molar-refractivity contribution in [2.75, 3.05) is 19.8 Å². The van der Waals surface area contributed by atoms with Gasteiger partial charge in [0.05, 0.1) is 17.7 Å². The van der Waals surface area contributed by atoms with Gasteiger partial charge in [-0.05, 0) is 49.1 Å². The number of esters is 2. The molecule has 0 radical (unpaired) electrons. The Kier molecular flexibility index (Phi) is 11.9. The van der Waals surface area contributed by atoms with Crippen LogP contribution in [0.5, 0.6) is 0 Å². The van der Waals surface area contributed by atoms with Crippen molar-refractivity contribution in [3.05, 3.63) is 108 Å². The number of unbranched alkanes of at least 4 members (excludes halogenated alkanes) is 2. The smallest absolute Gasteiger partial charge is 0.338 e. The molecule has 218 valence electrons. The highest BCUT2D eigenvalue weighted by molar-refractivity contribution is 5.90. The summed E-state index contributed by atoms with van der Waals surface area (Å²) in [6.45, 7) is 5.84. The van der Waals surface area contributed by atoms with E-state index in [4.69, 9.17) is 23.7 Å². The van der Waals surface area contributed by atoms with Gasteiger partial charge in [0.15, 0.2) is 6.29 Å². The molecule has 3 aromatic rings. The number of hydrogen-bond acceptors (Lipinski definition) is 7. The van der Waals surface area contributed by atoms with Crippen LogP contribution >= 0.6 is 0 Å². The van der Waals surface area contributed by atoms with Gasteiger partial charge in [-0.3, -0.25) is 0 Å². The quantitative estimate of drug-likeness (QED) is 0.165. The molecule has 0 aromatic heterocycles. The normalized spacial score (nSPS) is 22.1. The maximum atomic E-state index is 12.9. The van der Waals surface area contributed by atoms with Gasteiger partial charge >= 0.3 is 11.9 Å². The average molecular weight is 561 g/mol. The molecule has 7 heteroatoms. The zero-order valence-electron chi connectivity index (χ0n) is 23.9. The summed E-state index contributed by atoms with van der Waals surface area (Å²) in [6, 6.07) is 27.8. The monoisotopic (exact) mass is 560 g/mol. The lowest BCUT2D eigenvalue weighted by atomic mass is 9.84. The van der Waals surface area contributed by atoms with Crippen molar-refractivity contribution in [2.24, 2.45) is 11.8 Å². The van der Waals surface area contributed by atoms with Crippen LogP contribution in [0.4, 0.5) is 0 Å². The Balaban J connectivity index is 1.28. The molecule has 7 nitrogen and oxygen atoms in total. The fourth-order valence-electron chi connectivity index (χ4n) is 4.80. The number of benzene rings is 3. The third-order valence-corrected chi connectivity index (χ3v) is 7.42. The molecule has 0 N–H and O–H groups in total. The average Bonchev–Trinajstić information content (AvgIpc) is 3.02. The van der Waals surface area contributed by atoms with Gasteiger partial charge in [0.25, 0.3) is 0 Å². The summed E-state index contributed by atoms with van der Waals surface area (Å²) in [5.74, 6) is -1.03. The second kappa shape index (κ2) is 16.1. The van der Waals surface area contributed by atoms with Crippen LogP contribution in [0.25, 0.3) is 0 Å². The summed E-state index contributed by atoms with van der Waals surface area (Å²) >= 11 is 0. The Morgan fingerprint density at radius 3 is 1.95 bits per heavy atom. The van der Waals surface area contributed by atoms with Gasteiger partial charge in [-0.25, -0.2) is 9.59 Å². The fraction of sp³-hybridized carbons (Fsp3) is 0.412. The molecule has 4 rings (SSSR count). The number of ether oxygens (including phenoxy) is 5. The summed E-state index contributed by atoms with van der Waals surface area (Å²) in [5.41, 5.74) is 2.08. The Morgan fingerprint density at radius 2 is 1.29 bits per heavy atom. The Morgan fingerprint density at radius 1 is 0.707 bits per heavy atom.